The van der Waals surface area contributed by atoms with Crippen molar-refractivity contribution in [1.82, 2.24) is 5.32 Å². The Kier molecular flexibility index (Phi) is 10.4. The molecule has 6 nitrogen and oxygen atoms in total. The first kappa shape index (κ1) is 25.8. The van der Waals surface area contributed by atoms with Gasteiger partial charge in [-0.25, -0.2) is 13.2 Å². The molecule has 0 fully saturated rings. The van der Waals surface area contributed by atoms with Gasteiger partial charge < -0.3 is 15.2 Å². The van der Waals surface area contributed by atoms with Gasteiger partial charge in [0.15, 0.2) is 16.4 Å². The van der Waals surface area contributed by atoms with E-state index in [1.54, 1.807) is 36.0 Å². The van der Waals surface area contributed by atoms with E-state index in [2.05, 4.69) is 5.32 Å². The van der Waals surface area contributed by atoms with Crippen molar-refractivity contribution >= 4 is 50.8 Å². The first-order valence-electron chi connectivity index (χ1n) is 9.59. The number of nitrogens with one attached hydrogen (secondary N) is 1. The Morgan fingerprint density at radius 1 is 1.13 bits per heavy atom. The lowest BCUT2D eigenvalue weighted by atomic mass is 10.2. The van der Waals surface area contributed by atoms with Gasteiger partial charge in [0.1, 0.15) is 5.75 Å². The molecule has 170 valence electrons. The van der Waals surface area contributed by atoms with Crippen LogP contribution in [-0.2, 0) is 20.4 Å². The van der Waals surface area contributed by atoms with Gasteiger partial charge in [0.2, 0.25) is 0 Å². The van der Waals surface area contributed by atoms with Crippen LogP contribution in [0.2, 0.25) is 10.0 Å². The Balaban J connectivity index is 1.64. The summed E-state index contributed by atoms with van der Waals surface area (Å²) in [4.78, 5) is 11.6. The van der Waals surface area contributed by atoms with Crippen molar-refractivity contribution < 1.29 is 23.1 Å². The lowest BCUT2D eigenvalue weighted by molar-refractivity contribution is -0.139. The highest BCUT2D eigenvalue weighted by molar-refractivity contribution is 7.99. The summed E-state index contributed by atoms with van der Waals surface area (Å²) in [5.41, 5.74) is 1.51. The average Bonchev–Trinajstić information content (AvgIpc) is 2.69. The summed E-state index contributed by atoms with van der Waals surface area (Å²) in [6.07, 6.45) is 0.531. The number of sulfone groups is 1. The highest BCUT2D eigenvalue weighted by Gasteiger charge is 2.13. The second kappa shape index (κ2) is 12.6. The first-order valence-corrected chi connectivity index (χ1v) is 13.2. The van der Waals surface area contributed by atoms with Crippen molar-refractivity contribution in [1.29, 1.82) is 0 Å². The molecule has 0 saturated carbocycles. The van der Waals surface area contributed by atoms with Gasteiger partial charge in [0.05, 0.1) is 21.6 Å². The first-order chi connectivity index (χ1) is 14.7. The third-order valence-corrected chi connectivity index (χ3v) is 7.64. The van der Waals surface area contributed by atoms with Crippen LogP contribution in [0.3, 0.4) is 0 Å². The molecule has 0 unspecified atom stereocenters. The number of thioether (sulfide) groups is 1. The number of hydrogen-bond acceptors (Lipinski definition) is 6. The topological polar surface area (TPSA) is 92.7 Å². The molecule has 31 heavy (non-hydrogen) atoms. The number of aliphatic carboxylic acids is 1. The molecule has 0 aromatic heterocycles. The molecule has 2 rings (SSSR count). The number of benzene rings is 2. The van der Waals surface area contributed by atoms with Gasteiger partial charge in [-0.3, -0.25) is 0 Å². The molecule has 10 heteroatoms. The number of rotatable bonds is 13. The fourth-order valence-corrected chi connectivity index (χ4v) is 5.39. The van der Waals surface area contributed by atoms with Crippen LogP contribution in [0, 0.1) is 6.92 Å². The van der Waals surface area contributed by atoms with Crippen molar-refractivity contribution in [2.45, 2.75) is 24.0 Å². The van der Waals surface area contributed by atoms with Crippen molar-refractivity contribution in [3.8, 4) is 5.75 Å². The van der Waals surface area contributed by atoms with Crippen LogP contribution < -0.4 is 10.1 Å². The lowest BCUT2D eigenvalue weighted by Crippen LogP contribution is -2.21. The van der Waals surface area contributed by atoms with Crippen LogP contribution in [0.4, 0.5) is 0 Å². The van der Waals surface area contributed by atoms with E-state index in [0.29, 0.717) is 34.3 Å². The number of aryl methyl sites for hydroxylation is 1. The molecular weight excluding hydrogens is 481 g/mol. The van der Waals surface area contributed by atoms with Crippen molar-refractivity contribution in [2.24, 2.45) is 0 Å². The van der Waals surface area contributed by atoms with E-state index in [1.165, 1.54) is 0 Å². The van der Waals surface area contributed by atoms with Gasteiger partial charge in [0.25, 0.3) is 0 Å². The number of carboxylic acids is 1. The minimum atomic E-state index is -3.21. The van der Waals surface area contributed by atoms with E-state index >= 15 is 0 Å². The van der Waals surface area contributed by atoms with Gasteiger partial charge in [-0.15, -0.1) is 11.8 Å². The van der Waals surface area contributed by atoms with Gasteiger partial charge in [0, 0.05) is 17.2 Å². The van der Waals surface area contributed by atoms with Gasteiger partial charge in [-0.1, -0.05) is 29.3 Å². The highest BCUT2D eigenvalue weighted by Crippen LogP contribution is 2.25. The smallest absolute Gasteiger partial charge is 0.341 e. The van der Waals surface area contributed by atoms with Crippen LogP contribution in [-0.4, -0.2) is 50.7 Å². The number of carboxylic acid groups (broad SMARTS) is 1. The molecule has 0 spiro atoms. The minimum absolute atomic E-state index is 0.0503. The van der Waals surface area contributed by atoms with Crippen molar-refractivity contribution in [2.75, 3.05) is 31.2 Å². The van der Waals surface area contributed by atoms with Crippen molar-refractivity contribution in [3.63, 3.8) is 0 Å². The zero-order valence-electron chi connectivity index (χ0n) is 17.1. The molecule has 0 atom stereocenters. The van der Waals surface area contributed by atoms with Crippen LogP contribution in [0.15, 0.2) is 41.3 Å². The normalized spacial score (nSPS) is 11.5. The largest absolute Gasteiger partial charge is 0.482 e. The third-order valence-electron chi connectivity index (χ3n) is 4.22. The third kappa shape index (κ3) is 9.70. The monoisotopic (exact) mass is 505 g/mol. The molecular formula is C21H25Cl2NO5S2. The fourth-order valence-electron chi connectivity index (χ4n) is 2.75. The summed E-state index contributed by atoms with van der Waals surface area (Å²) in [5.74, 6) is 0.429. The summed E-state index contributed by atoms with van der Waals surface area (Å²) in [6, 6.07) is 10.5. The van der Waals surface area contributed by atoms with E-state index < -0.39 is 15.8 Å². The predicted octanol–water partition coefficient (Wildman–Crippen LogP) is 4.45. The quantitative estimate of drug-likeness (QED) is 0.306. The van der Waals surface area contributed by atoms with E-state index in [-0.39, 0.29) is 18.1 Å². The van der Waals surface area contributed by atoms with Crippen LogP contribution in [0.25, 0.3) is 0 Å². The molecule has 0 radical (unpaired) electrons. The van der Waals surface area contributed by atoms with Crippen molar-refractivity contribution in [3.05, 3.63) is 57.6 Å². The molecule has 0 aliphatic carbocycles. The maximum atomic E-state index is 12.3. The molecule has 2 aromatic rings. The number of carbonyl (C=O) groups is 1. The van der Waals surface area contributed by atoms with E-state index in [4.69, 9.17) is 33.0 Å². The summed E-state index contributed by atoms with van der Waals surface area (Å²) in [6.45, 7) is 2.87. The maximum absolute atomic E-state index is 12.3. The molecule has 0 bridgehead atoms. The summed E-state index contributed by atoms with van der Waals surface area (Å²) in [7, 11) is -3.21. The standard InChI is InChI=1S/C21H25Cl2NO5S2/c1-15-11-17(4-6-20(15)29-13-21(25)26)30-9-8-24-7-2-10-31(27,28)14-16-3-5-18(22)19(23)12-16/h3-6,11-12,24H,2,7-10,13-14H2,1H3,(H,25,26). The van der Waals surface area contributed by atoms with Crippen LogP contribution >= 0.6 is 35.0 Å². The maximum Gasteiger partial charge on any atom is 0.341 e. The molecule has 0 amide bonds. The van der Waals surface area contributed by atoms with Gasteiger partial charge in [-0.2, -0.15) is 0 Å². The predicted molar refractivity (Wildman–Crippen MR) is 126 cm³/mol. The van der Waals surface area contributed by atoms with Gasteiger partial charge in [-0.05, 0) is 61.3 Å². The fraction of sp³-hybridized carbons (Fsp3) is 0.381. The van der Waals surface area contributed by atoms with Crippen LogP contribution in [0.1, 0.15) is 17.5 Å². The van der Waals surface area contributed by atoms with Gasteiger partial charge >= 0.3 is 5.97 Å². The summed E-state index contributed by atoms with van der Waals surface area (Å²) >= 11 is 13.5. The van der Waals surface area contributed by atoms with E-state index in [9.17, 15) is 13.2 Å². The summed E-state index contributed by atoms with van der Waals surface area (Å²) in [5, 5.41) is 12.7. The van der Waals surface area contributed by atoms with E-state index in [1.807, 2.05) is 19.1 Å². The second-order valence-corrected chi connectivity index (χ2v) is 11.1. The lowest BCUT2D eigenvalue weighted by Gasteiger charge is -2.09. The Bertz CT molecular complexity index is 999. The minimum Gasteiger partial charge on any atom is -0.482 e. The Hall–Kier alpha value is -1.45. The number of hydrogen-bond donors (Lipinski definition) is 2. The summed E-state index contributed by atoms with van der Waals surface area (Å²) < 4.78 is 29.7. The number of ether oxygens (including phenoxy) is 1. The SMILES string of the molecule is Cc1cc(SCCNCCCS(=O)(=O)Cc2ccc(Cl)c(Cl)c2)ccc1OCC(=O)O. The number of halogens is 2. The van der Waals surface area contributed by atoms with E-state index in [0.717, 1.165) is 22.8 Å². The zero-order chi connectivity index (χ0) is 22.9. The average molecular weight is 506 g/mol. The molecule has 2 aromatic carbocycles. The molecule has 0 heterocycles. The molecule has 2 N–H and O–H groups in total. The molecule has 0 aliphatic heterocycles. The Labute approximate surface area is 197 Å². The molecule has 0 aliphatic rings. The second-order valence-electron chi connectivity index (χ2n) is 6.90. The molecule has 0 saturated heterocycles. The highest BCUT2D eigenvalue weighted by atomic mass is 35.5. The van der Waals surface area contributed by atoms with Crippen LogP contribution in [0.5, 0.6) is 5.75 Å². The zero-order valence-corrected chi connectivity index (χ0v) is 20.2. The Morgan fingerprint density at radius 3 is 2.58 bits per heavy atom. The Morgan fingerprint density at radius 2 is 1.90 bits per heavy atom.